The summed E-state index contributed by atoms with van der Waals surface area (Å²) in [4.78, 5) is 12.5. The van der Waals surface area contributed by atoms with E-state index in [1.165, 1.54) is 43.2 Å². The molecule has 4 aliphatic rings. The Hall–Kier alpha value is -1.51. The second kappa shape index (κ2) is 7.74. The fraction of sp³-hybridized carbons (Fsp3) is 0.774. The predicted molar refractivity (Wildman–Crippen MR) is 139 cm³/mol. The van der Waals surface area contributed by atoms with Gasteiger partial charge in [0.25, 0.3) is 0 Å². The van der Waals surface area contributed by atoms with Crippen molar-refractivity contribution < 1.29 is 9.53 Å². The van der Waals surface area contributed by atoms with Gasteiger partial charge in [-0.25, -0.2) is 0 Å². The van der Waals surface area contributed by atoms with Crippen LogP contribution < -0.4 is 0 Å². The van der Waals surface area contributed by atoms with Crippen molar-refractivity contribution >= 4 is 12.0 Å². The quantitative estimate of drug-likeness (QED) is 0.430. The topological polar surface area (TPSA) is 31.2 Å². The van der Waals surface area contributed by atoms with Crippen LogP contribution in [-0.2, 0) is 21.5 Å². The van der Waals surface area contributed by atoms with Crippen molar-refractivity contribution in [1.82, 2.24) is 4.57 Å². The van der Waals surface area contributed by atoms with Gasteiger partial charge in [0.15, 0.2) is 0 Å². The lowest BCUT2D eigenvalue weighted by atomic mass is 9.36. The maximum Gasteiger partial charge on any atom is 0.302 e. The summed E-state index contributed by atoms with van der Waals surface area (Å²) in [6.07, 6.45) is 17.1. The molecule has 3 heteroatoms. The third-order valence-corrected chi connectivity index (χ3v) is 11.2. The molecule has 1 heterocycles. The second-order valence-electron chi connectivity index (χ2n) is 14.2. The molecule has 0 aromatic carbocycles. The molecule has 3 fully saturated rings. The highest BCUT2D eigenvalue weighted by Crippen LogP contribution is 2.72. The largest absolute Gasteiger partial charge is 0.462 e. The second-order valence-corrected chi connectivity index (χ2v) is 14.2. The van der Waals surface area contributed by atoms with Gasteiger partial charge in [-0.05, 0) is 83.1 Å². The minimum atomic E-state index is -0.184. The van der Waals surface area contributed by atoms with Crippen LogP contribution in [0.2, 0.25) is 0 Å². The maximum absolute atomic E-state index is 12.5. The lowest BCUT2D eigenvalue weighted by Gasteiger charge is -2.69. The van der Waals surface area contributed by atoms with Gasteiger partial charge in [0.1, 0.15) is 6.10 Å². The standard InChI is InChI=1S/C31H47NO2/c1-20(2)17-32-18-22-10-11-25-30(7)15-12-24-28(4,5)13-9-14-29(24,6)26(30)16-27(34-21(3)33)31(25,8)23(22)19-32/h10-11,18-20,24-27H,9,12-17H2,1-8H3/t24-,25+,26+,27-,29+,30+,31-/m1/s1. The first-order valence-corrected chi connectivity index (χ1v) is 13.9. The lowest BCUT2D eigenvalue weighted by molar-refractivity contribution is -0.205. The summed E-state index contributed by atoms with van der Waals surface area (Å²) in [6.45, 7) is 19.8. The molecule has 3 nitrogen and oxygen atoms in total. The van der Waals surface area contributed by atoms with E-state index in [2.05, 4.69) is 77.6 Å². The van der Waals surface area contributed by atoms with Crippen LogP contribution in [0, 0.1) is 39.9 Å². The van der Waals surface area contributed by atoms with Gasteiger partial charge in [-0.1, -0.05) is 67.0 Å². The molecule has 0 spiro atoms. The monoisotopic (exact) mass is 465 g/mol. The first kappa shape index (κ1) is 24.2. The van der Waals surface area contributed by atoms with E-state index in [0.717, 1.165) is 18.9 Å². The smallest absolute Gasteiger partial charge is 0.302 e. The fourth-order valence-electron chi connectivity index (χ4n) is 9.91. The number of carbonyl (C=O) groups is 1. The summed E-state index contributed by atoms with van der Waals surface area (Å²) < 4.78 is 8.67. The number of carbonyl (C=O) groups excluding carboxylic acids is 1. The Morgan fingerprint density at radius 1 is 1.06 bits per heavy atom. The molecular weight excluding hydrogens is 418 g/mol. The molecule has 4 aliphatic carbocycles. The zero-order valence-corrected chi connectivity index (χ0v) is 22.9. The Morgan fingerprint density at radius 2 is 1.79 bits per heavy atom. The molecule has 0 bridgehead atoms. The Morgan fingerprint density at radius 3 is 2.47 bits per heavy atom. The van der Waals surface area contributed by atoms with Crippen molar-refractivity contribution in [2.45, 2.75) is 112 Å². The molecular formula is C31H47NO2. The first-order chi connectivity index (χ1) is 15.8. The van der Waals surface area contributed by atoms with E-state index in [0.29, 0.717) is 28.6 Å². The van der Waals surface area contributed by atoms with Gasteiger partial charge < -0.3 is 9.30 Å². The highest BCUT2D eigenvalue weighted by Gasteiger charge is 2.67. The Labute approximate surface area is 207 Å². The first-order valence-electron chi connectivity index (χ1n) is 13.9. The van der Waals surface area contributed by atoms with Crippen LogP contribution in [0.3, 0.4) is 0 Å². The molecule has 0 aliphatic heterocycles. The molecule has 7 atom stereocenters. The summed E-state index contributed by atoms with van der Waals surface area (Å²) in [5.41, 5.74) is 3.46. The molecule has 1 aromatic heterocycles. The number of hydrogen-bond acceptors (Lipinski definition) is 2. The zero-order valence-electron chi connectivity index (χ0n) is 22.9. The van der Waals surface area contributed by atoms with Crippen molar-refractivity contribution in [3.63, 3.8) is 0 Å². The number of ether oxygens (including phenoxy) is 1. The van der Waals surface area contributed by atoms with Gasteiger partial charge in [0.05, 0.1) is 0 Å². The molecule has 0 amide bonds. The van der Waals surface area contributed by atoms with Crippen LogP contribution in [0.1, 0.15) is 105 Å². The minimum Gasteiger partial charge on any atom is -0.462 e. The number of hydrogen-bond donors (Lipinski definition) is 0. The average Bonchev–Trinajstić information content (AvgIpc) is 3.11. The number of aromatic nitrogens is 1. The summed E-state index contributed by atoms with van der Waals surface area (Å²) in [5.74, 6) is 2.18. The minimum absolute atomic E-state index is 0.0766. The SMILES string of the molecule is CC(=O)O[C@@H]1C[C@H]2[C@@]3(C)CCCC(C)(C)[C@H]3CC[C@@]2(C)[C@@H]2C=Cc3cn(CC(C)C)cc3[C@@]12C. The highest BCUT2D eigenvalue weighted by atomic mass is 16.5. The number of esters is 1. The molecule has 0 radical (unpaired) electrons. The van der Waals surface area contributed by atoms with Gasteiger partial charge in [0.2, 0.25) is 0 Å². The average molecular weight is 466 g/mol. The van der Waals surface area contributed by atoms with Crippen LogP contribution in [0.4, 0.5) is 0 Å². The lowest BCUT2D eigenvalue weighted by Crippen LogP contribution is -2.66. The van der Waals surface area contributed by atoms with E-state index in [4.69, 9.17) is 4.74 Å². The number of allylic oxidation sites excluding steroid dienone is 1. The van der Waals surface area contributed by atoms with E-state index in [-0.39, 0.29) is 22.9 Å². The summed E-state index contributed by atoms with van der Waals surface area (Å²) in [5, 5.41) is 0. The number of rotatable bonds is 3. The van der Waals surface area contributed by atoms with Gasteiger partial charge in [-0.3, -0.25) is 4.79 Å². The van der Waals surface area contributed by atoms with Crippen molar-refractivity contribution in [1.29, 1.82) is 0 Å². The Bertz CT molecular complexity index is 1000. The van der Waals surface area contributed by atoms with E-state index < -0.39 is 0 Å². The maximum atomic E-state index is 12.5. The molecule has 34 heavy (non-hydrogen) atoms. The van der Waals surface area contributed by atoms with Crippen molar-refractivity contribution in [2.75, 3.05) is 0 Å². The van der Waals surface area contributed by atoms with Crippen molar-refractivity contribution in [2.24, 2.45) is 39.9 Å². The molecule has 0 unspecified atom stereocenters. The van der Waals surface area contributed by atoms with E-state index in [9.17, 15) is 4.79 Å². The summed E-state index contributed by atoms with van der Waals surface area (Å²) in [6, 6.07) is 0. The van der Waals surface area contributed by atoms with Crippen LogP contribution >= 0.6 is 0 Å². The molecule has 0 N–H and O–H groups in total. The predicted octanol–water partition coefficient (Wildman–Crippen LogP) is 7.63. The number of nitrogens with zero attached hydrogens (tertiary/aromatic N) is 1. The Balaban J connectivity index is 1.62. The fourth-order valence-corrected chi connectivity index (χ4v) is 9.91. The highest BCUT2D eigenvalue weighted by molar-refractivity contribution is 5.67. The van der Waals surface area contributed by atoms with Crippen LogP contribution in [0.5, 0.6) is 0 Å². The van der Waals surface area contributed by atoms with Crippen LogP contribution in [0.15, 0.2) is 18.5 Å². The van der Waals surface area contributed by atoms with Crippen LogP contribution in [-0.4, -0.2) is 16.6 Å². The third-order valence-electron chi connectivity index (χ3n) is 11.2. The van der Waals surface area contributed by atoms with E-state index in [1.54, 1.807) is 6.92 Å². The third kappa shape index (κ3) is 3.31. The van der Waals surface area contributed by atoms with Gasteiger partial charge in [-0.15, -0.1) is 0 Å². The van der Waals surface area contributed by atoms with Gasteiger partial charge in [-0.2, -0.15) is 0 Å². The summed E-state index contributed by atoms with van der Waals surface area (Å²) in [7, 11) is 0. The van der Waals surface area contributed by atoms with E-state index in [1.807, 2.05) is 0 Å². The Kier molecular flexibility index (Phi) is 5.51. The molecule has 0 saturated heterocycles. The van der Waals surface area contributed by atoms with Gasteiger partial charge >= 0.3 is 5.97 Å². The summed E-state index contributed by atoms with van der Waals surface area (Å²) >= 11 is 0. The van der Waals surface area contributed by atoms with Gasteiger partial charge in [0, 0.05) is 31.3 Å². The molecule has 3 saturated carbocycles. The van der Waals surface area contributed by atoms with Crippen LogP contribution in [0.25, 0.3) is 6.08 Å². The van der Waals surface area contributed by atoms with Crippen molar-refractivity contribution in [3.05, 3.63) is 29.6 Å². The zero-order chi connectivity index (χ0) is 24.7. The molecule has 188 valence electrons. The normalized spacial score (nSPS) is 42.4. The number of fused-ring (bicyclic) bond motifs is 7. The molecule has 5 rings (SSSR count). The molecule has 1 aromatic rings. The van der Waals surface area contributed by atoms with Crippen molar-refractivity contribution in [3.8, 4) is 0 Å². The van der Waals surface area contributed by atoms with E-state index >= 15 is 0 Å².